The molecule has 0 unspecified atom stereocenters. The third-order valence-corrected chi connectivity index (χ3v) is 5.94. The molecule has 6 nitrogen and oxygen atoms in total. The van der Waals surface area contributed by atoms with E-state index in [-0.39, 0.29) is 22.2 Å². The lowest BCUT2D eigenvalue weighted by atomic mass is 10.1. The minimum absolute atomic E-state index is 0.0416. The van der Waals surface area contributed by atoms with E-state index in [4.69, 9.17) is 4.52 Å². The molecule has 0 atom stereocenters. The fourth-order valence-electron chi connectivity index (χ4n) is 2.49. The quantitative estimate of drug-likeness (QED) is 0.704. The van der Waals surface area contributed by atoms with Crippen LogP contribution in [0.3, 0.4) is 0 Å². The smallest absolute Gasteiger partial charge is 0.273 e. The van der Waals surface area contributed by atoms with E-state index in [1.54, 1.807) is 19.1 Å². The molecule has 2 aromatic carbocycles. The number of rotatable bonds is 6. The lowest BCUT2D eigenvalue weighted by Gasteiger charge is -2.03. The number of aryl methyl sites for hydroxylation is 1. The zero-order chi connectivity index (χ0) is 19.4. The van der Waals surface area contributed by atoms with Crippen LogP contribution in [0.4, 0.5) is 0 Å². The predicted octanol–water partition coefficient (Wildman–Crippen LogP) is 3.37. The zero-order valence-electron chi connectivity index (χ0n) is 15.1. The van der Waals surface area contributed by atoms with Crippen LogP contribution in [0.1, 0.15) is 28.5 Å². The van der Waals surface area contributed by atoms with E-state index in [9.17, 15) is 13.2 Å². The molecule has 0 fully saturated rings. The van der Waals surface area contributed by atoms with Crippen LogP contribution in [0.2, 0.25) is 0 Å². The molecule has 0 aliphatic heterocycles. The Morgan fingerprint density at radius 1 is 1.07 bits per heavy atom. The number of nitrogens with zero attached hydrogens (tertiary/aromatic N) is 1. The van der Waals surface area contributed by atoms with Gasteiger partial charge < -0.3 is 9.84 Å². The minimum atomic E-state index is -3.25. The number of aromatic nitrogens is 1. The van der Waals surface area contributed by atoms with Crippen molar-refractivity contribution < 1.29 is 17.7 Å². The first-order valence-electron chi connectivity index (χ1n) is 8.52. The molecule has 1 aromatic heterocycles. The maximum Gasteiger partial charge on any atom is 0.273 e. The fraction of sp³-hybridized carbons (Fsp3) is 0.200. The summed E-state index contributed by atoms with van der Waals surface area (Å²) in [6.07, 6.45) is 0. The van der Waals surface area contributed by atoms with Crippen LogP contribution < -0.4 is 5.32 Å². The lowest BCUT2D eigenvalue weighted by Crippen LogP contribution is -2.22. The number of carbonyl (C=O) groups excluding carboxylic acids is 1. The molecule has 0 saturated heterocycles. The van der Waals surface area contributed by atoms with Crippen LogP contribution in [-0.2, 0) is 16.4 Å². The van der Waals surface area contributed by atoms with E-state index in [0.29, 0.717) is 17.9 Å². The Labute approximate surface area is 158 Å². The first-order valence-corrected chi connectivity index (χ1v) is 10.2. The molecule has 1 heterocycles. The van der Waals surface area contributed by atoms with Crippen molar-refractivity contribution in [2.24, 2.45) is 0 Å². The van der Waals surface area contributed by atoms with E-state index in [0.717, 1.165) is 11.1 Å². The number of nitrogens with one attached hydrogen (secondary N) is 1. The molecule has 3 aromatic rings. The zero-order valence-corrected chi connectivity index (χ0v) is 15.9. The highest BCUT2D eigenvalue weighted by molar-refractivity contribution is 7.91. The standard InChI is InChI=1S/C20H20N2O4S/c1-3-27(24,25)17-10-8-16(9-11-17)19-12-18(22-26-19)20(23)21-13-15-6-4-14(2)5-7-15/h4-12H,3,13H2,1-2H3,(H,21,23). The molecule has 1 amide bonds. The third kappa shape index (κ3) is 4.43. The average molecular weight is 384 g/mol. The number of amides is 1. The average Bonchev–Trinajstić information content (AvgIpc) is 3.18. The number of hydrogen-bond donors (Lipinski definition) is 1. The van der Waals surface area contributed by atoms with E-state index in [1.165, 1.54) is 18.2 Å². The number of hydrogen-bond acceptors (Lipinski definition) is 5. The fourth-order valence-corrected chi connectivity index (χ4v) is 3.37. The second-order valence-electron chi connectivity index (χ2n) is 6.17. The second-order valence-corrected chi connectivity index (χ2v) is 8.45. The summed E-state index contributed by atoms with van der Waals surface area (Å²) < 4.78 is 29.0. The van der Waals surface area contributed by atoms with Gasteiger partial charge in [-0.1, -0.05) is 41.9 Å². The Bertz CT molecular complexity index is 1040. The Balaban J connectivity index is 1.68. The van der Waals surface area contributed by atoms with Crippen molar-refractivity contribution >= 4 is 15.7 Å². The van der Waals surface area contributed by atoms with Gasteiger partial charge in [0.2, 0.25) is 0 Å². The van der Waals surface area contributed by atoms with Crippen LogP contribution in [0, 0.1) is 6.92 Å². The Kier molecular flexibility index (Phi) is 5.41. The van der Waals surface area contributed by atoms with Gasteiger partial charge in [-0.2, -0.15) is 0 Å². The summed E-state index contributed by atoms with van der Waals surface area (Å²) in [6.45, 7) is 4.00. The monoisotopic (exact) mass is 384 g/mol. The molecular formula is C20H20N2O4S. The van der Waals surface area contributed by atoms with Crippen LogP contribution in [-0.4, -0.2) is 25.2 Å². The summed E-state index contributed by atoms with van der Waals surface area (Å²) >= 11 is 0. The summed E-state index contributed by atoms with van der Waals surface area (Å²) in [7, 11) is -3.25. The molecule has 1 N–H and O–H groups in total. The molecule has 27 heavy (non-hydrogen) atoms. The predicted molar refractivity (Wildman–Crippen MR) is 102 cm³/mol. The highest BCUT2D eigenvalue weighted by Gasteiger charge is 2.15. The molecule has 0 bridgehead atoms. The van der Waals surface area contributed by atoms with Gasteiger partial charge in [-0.15, -0.1) is 0 Å². The summed E-state index contributed by atoms with van der Waals surface area (Å²) in [5, 5.41) is 6.60. The summed E-state index contributed by atoms with van der Waals surface area (Å²) in [6, 6.07) is 15.7. The molecule has 0 saturated carbocycles. The van der Waals surface area contributed by atoms with Gasteiger partial charge >= 0.3 is 0 Å². The van der Waals surface area contributed by atoms with Crippen molar-refractivity contribution in [3.05, 3.63) is 71.4 Å². The van der Waals surface area contributed by atoms with Gasteiger partial charge in [-0.05, 0) is 36.8 Å². The molecule has 140 valence electrons. The lowest BCUT2D eigenvalue weighted by molar-refractivity contribution is 0.0942. The molecular weight excluding hydrogens is 364 g/mol. The SMILES string of the molecule is CCS(=O)(=O)c1ccc(-c2cc(C(=O)NCc3ccc(C)cc3)no2)cc1. The summed E-state index contributed by atoms with van der Waals surface area (Å²) in [5.74, 6) is 0.103. The molecule has 0 radical (unpaired) electrons. The van der Waals surface area contributed by atoms with E-state index >= 15 is 0 Å². The van der Waals surface area contributed by atoms with Crippen LogP contribution in [0.15, 0.2) is 64.0 Å². The Hall–Kier alpha value is -2.93. The number of benzene rings is 2. The van der Waals surface area contributed by atoms with Gasteiger partial charge in [-0.25, -0.2) is 8.42 Å². The highest BCUT2D eigenvalue weighted by atomic mass is 32.2. The van der Waals surface area contributed by atoms with Crippen molar-refractivity contribution in [3.63, 3.8) is 0 Å². The minimum Gasteiger partial charge on any atom is -0.355 e. The molecule has 0 spiro atoms. The van der Waals surface area contributed by atoms with Crippen molar-refractivity contribution in [2.75, 3.05) is 5.75 Å². The molecule has 7 heteroatoms. The van der Waals surface area contributed by atoms with E-state index < -0.39 is 9.84 Å². The van der Waals surface area contributed by atoms with Gasteiger partial charge in [0.15, 0.2) is 21.3 Å². The van der Waals surface area contributed by atoms with E-state index in [2.05, 4.69) is 10.5 Å². The van der Waals surface area contributed by atoms with Gasteiger partial charge in [0.25, 0.3) is 5.91 Å². The maximum absolute atomic E-state index is 12.2. The number of sulfone groups is 1. The van der Waals surface area contributed by atoms with Gasteiger partial charge in [0.05, 0.1) is 10.6 Å². The largest absolute Gasteiger partial charge is 0.355 e. The normalized spacial score (nSPS) is 11.3. The van der Waals surface area contributed by atoms with Crippen molar-refractivity contribution in [1.29, 1.82) is 0 Å². The van der Waals surface area contributed by atoms with Crippen molar-refractivity contribution in [1.82, 2.24) is 10.5 Å². The van der Waals surface area contributed by atoms with Crippen LogP contribution in [0.5, 0.6) is 0 Å². The Morgan fingerprint density at radius 2 is 1.74 bits per heavy atom. The highest BCUT2D eigenvalue weighted by Crippen LogP contribution is 2.22. The van der Waals surface area contributed by atoms with Crippen LogP contribution >= 0.6 is 0 Å². The van der Waals surface area contributed by atoms with Crippen molar-refractivity contribution in [2.45, 2.75) is 25.3 Å². The van der Waals surface area contributed by atoms with E-state index in [1.807, 2.05) is 31.2 Å². The Morgan fingerprint density at radius 3 is 2.37 bits per heavy atom. The molecule has 3 rings (SSSR count). The van der Waals surface area contributed by atoms with Gasteiger partial charge in [-0.3, -0.25) is 4.79 Å². The number of carbonyl (C=O) groups is 1. The maximum atomic E-state index is 12.2. The van der Waals surface area contributed by atoms with Crippen LogP contribution in [0.25, 0.3) is 11.3 Å². The molecule has 0 aliphatic rings. The molecule has 0 aliphatic carbocycles. The summed E-state index contributed by atoms with van der Waals surface area (Å²) in [5.41, 5.74) is 2.96. The summed E-state index contributed by atoms with van der Waals surface area (Å²) in [4.78, 5) is 12.5. The van der Waals surface area contributed by atoms with Gasteiger partial charge in [0, 0.05) is 18.2 Å². The van der Waals surface area contributed by atoms with Crippen molar-refractivity contribution in [3.8, 4) is 11.3 Å². The first-order chi connectivity index (χ1) is 12.9. The first kappa shape index (κ1) is 18.8. The van der Waals surface area contributed by atoms with Gasteiger partial charge in [0.1, 0.15) is 0 Å². The topological polar surface area (TPSA) is 89.3 Å². The third-order valence-electron chi connectivity index (χ3n) is 4.19. The second kappa shape index (κ2) is 7.75.